The van der Waals surface area contributed by atoms with E-state index in [1.54, 1.807) is 26.0 Å². The van der Waals surface area contributed by atoms with E-state index in [1.165, 1.54) is 6.07 Å². The van der Waals surface area contributed by atoms with Crippen molar-refractivity contribution in [1.82, 2.24) is 0 Å². The van der Waals surface area contributed by atoms with Crippen molar-refractivity contribution in [3.05, 3.63) is 23.8 Å². The van der Waals surface area contributed by atoms with E-state index in [0.29, 0.717) is 23.4 Å². The number of fused-ring (bicyclic) bond motifs is 1. The molecule has 1 unspecified atom stereocenters. The summed E-state index contributed by atoms with van der Waals surface area (Å²) in [7, 11) is 0. The van der Waals surface area contributed by atoms with Crippen LogP contribution in [-0.2, 0) is 9.59 Å². The van der Waals surface area contributed by atoms with Crippen molar-refractivity contribution in [3.8, 4) is 5.75 Å². The summed E-state index contributed by atoms with van der Waals surface area (Å²) in [5, 5.41) is 8.92. The number of ketones is 1. The molecule has 1 aromatic rings. The molecule has 0 bridgehead atoms. The molecule has 1 heterocycles. The normalized spacial score (nSPS) is 17.4. The molecule has 1 N–H and O–H groups in total. The molecule has 1 aromatic carbocycles. The summed E-state index contributed by atoms with van der Waals surface area (Å²) in [6.45, 7) is 2.84. The summed E-state index contributed by atoms with van der Waals surface area (Å²) in [6, 6.07) is 4.72. The first-order valence-corrected chi connectivity index (χ1v) is 6.31. The number of carboxylic acids is 1. The van der Waals surface area contributed by atoms with E-state index < -0.39 is 24.5 Å². The zero-order valence-electron chi connectivity index (χ0n) is 11.3. The quantitative estimate of drug-likeness (QED) is 0.843. The minimum absolute atomic E-state index is 0.0749. The topological polar surface area (TPSA) is 83.9 Å². The summed E-state index contributed by atoms with van der Waals surface area (Å²) in [5.41, 5.74) is 0.766. The van der Waals surface area contributed by atoms with Crippen molar-refractivity contribution >= 4 is 23.3 Å². The Morgan fingerprint density at radius 1 is 1.40 bits per heavy atom. The van der Waals surface area contributed by atoms with Gasteiger partial charge in [0.25, 0.3) is 5.91 Å². The largest absolute Gasteiger partial charge is 0.480 e. The molecule has 0 saturated carbocycles. The highest BCUT2D eigenvalue weighted by molar-refractivity contribution is 6.05. The summed E-state index contributed by atoms with van der Waals surface area (Å²) in [4.78, 5) is 35.8. The molecule has 0 fully saturated rings. The third-order valence-electron chi connectivity index (χ3n) is 3.10. The van der Waals surface area contributed by atoms with E-state index in [9.17, 15) is 14.4 Å². The minimum Gasteiger partial charge on any atom is -0.480 e. The van der Waals surface area contributed by atoms with Crippen molar-refractivity contribution in [2.45, 2.75) is 26.4 Å². The van der Waals surface area contributed by atoms with Crippen LogP contribution in [0.5, 0.6) is 5.75 Å². The fourth-order valence-electron chi connectivity index (χ4n) is 2.08. The van der Waals surface area contributed by atoms with Crippen LogP contribution in [0.2, 0.25) is 0 Å². The summed E-state index contributed by atoms with van der Waals surface area (Å²) in [6.07, 6.45) is -0.405. The van der Waals surface area contributed by atoms with Crippen molar-refractivity contribution in [1.29, 1.82) is 0 Å². The van der Waals surface area contributed by atoms with Gasteiger partial charge in [0.2, 0.25) is 0 Å². The van der Waals surface area contributed by atoms with E-state index >= 15 is 0 Å². The zero-order chi connectivity index (χ0) is 14.9. The van der Waals surface area contributed by atoms with Crippen LogP contribution in [0.15, 0.2) is 18.2 Å². The van der Waals surface area contributed by atoms with Gasteiger partial charge in [0.15, 0.2) is 11.9 Å². The van der Waals surface area contributed by atoms with Crippen molar-refractivity contribution in [3.63, 3.8) is 0 Å². The summed E-state index contributed by atoms with van der Waals surface area (Å²) >= 11 is 0. The number of Topliss-reactive ketones (excluding diaryl/α,β-unsaturated/α-hetero) is 1. The first-order valence-electron chi connectivity index (χ1n) is 6.31. The Kier molecular flexibility index (Phi) is 3.74. The highest BCUT2D eigenvalue weighted by Gasteiger charge is 2.33. The molecule has 0 saturated heterocycles. The predicted octanol–water partition coefficient (Wildman–Crippen LogP) is 1.48. The molecular formula is C14H15NO5. The van der Waals surface area contributed by atoms with E-state index in [1.807, 2.05) is 0 Å². The van der Waals surface area contributed by atoms with Gasteiger partial charge in [0.1, 0.15) is 12.3 Å². The molecule has 106 valence electrons. The number of ether oxygens (including phenoxy) is 1. The molecular weight excluding hydrogens is 262 g/mol. The number of aliphatic carboxylic acids is 1. The second kappa shape index (κ2) is 5.32. The smallest absolute Gasteiger partial charge is 0.323 e. The van der Waals surface area contributed by atoms with Crippen LogP contribution in [0.1, 0.15) is 30.6 Å². The third kappa shape index (κ3) is 2.49. The maximum Gasteiger partial charge on any atom is 0.323 e. The van der Waals surface area contributed by atoms with E-state index in [-0.39, 0.29) is 5.78 Å². The van der Waals surface area contributed by atoms with Crippen LogP contribution in [0.3, 0.4) is 0 Å². The van der Waals surface area contributed by atoms with Crippen LogP contribution in [0.25, 0.3) is 0 Å². The van der Waals surface area contributed by atoms with Crippen LogP contribution in [0, 0.1) is 0 Å². The average molecular weight is 277 g/mol. The fraction of sp³-hybridized carbons (Fsp3) is 0.357. The molecule has 1 aliphatic heterocycles. The lowest BCUT2D eigenvalue weighted by molar-refractivity contribution is -0.137. The lowest BCUT2D eigenvalue weighted by atomic mass is 10.1. The molecule has 0 spiro atoms. The van der Waals surface area contributed by atoms with E-state index in [4.69, 9.17) is 9.84 Å². The monoisotopic (exact) mass is 277 g/mol. The first kappa shape index (κ1) is 14.0. The van der Waals surface area contributed by atoms with Crippen LogP contribution < -0.4 is 9.64 Å². The minimum atomic E-state index is -1.12. The van der Waals surface area contributed by atoms with E-state index in [2.05, 4.69) is 0 Å². The molecule has 0 radical (unpaired) electrons. The third-order valence-corrected chi connectivity index (χ3v) is 3.10. The molecule has 1 atom stereocenters. The Balaban J connectivity index is 2.48. The summed E-state index contributed by atoms with van der Waals surface area (Å²) in [5.74, 6) is -1.22. The number of hydrogen-bond donors (Lipinski definition) is 1. The fourth-order valence-corrected chi connectivity index (χ4v) is 2.08. The Hall–Kier alpha value is -2.37. The van der Waals surface area contributed by atoms with Crippen LogP contribution in [-0.4, -0.2) is 35.4 Å². The lowest BCUT2D eigenvalue weighted by Gasteiger charge is -2.32. The van der Waals surface area contributed by atoms with Crippen molar-refractivity contribution in [2.24, 2.45) is 0 Å². The Morgan fingerprint density at radius 3 is 2.70 bits per heavy atom. The number of anilines is 1. The second-order valence-corrected chi connectivity index (χ2v) is 4.54. The molecule has 1 aliphatic rings. The first-order chi connectivity index (χ1) is 9.43. The molecule has 6 nitrogen and oxygen atoms in total. The van der Waals surface area contributed by atoms with Gasteiger partial charge in [-0.2, -0.15) is 0 Å². The molecule has 6 heteroatoms. The molecule has 0 aliphatic carbocycles. The number of nitrogens with zero attached hydrogens (tertiary/aromatic N) is 1. The highest BCUT2D eigenvalue weighted by Crippen LogP contribution is 2.35. The second-order valence-electron chi connectivity index (χ2n) is 4.54. The highest BCUT2D eigenvalue weighted by atomic mass is 16.5. The maximum absolute atomic E-state index is 12.0. The van der Waals surface area contributed by atoms with Gasteiger partial charge < -0.3 is 9.84 Å². The van der Waals surface area contributed by atoms with Crippen LogP contribution in [0.4, 0.5) is 5.69 Å². The van der Waals surface area contributed by atoms with E-state index in [0.717, 1.165) is 4.90 Å². The van der Waals surface area contributed by atoms with Crippen molar-refractivity contribution in [2.75, 3.05) is 11.4 Å². The number of carbonyl (C=O) groups is 3. The van der Waals surface area contributed by atoms with Gasteiger partial charge in [-0.05, 0) is 25.1 Å². The van der Waals surface area contributed by atoms with Gasteiger partial charge in [0.05, 0.1) is 5.69 Å². The van der Waals surface area contributed by atoms with Gasteiger partial charge in [-0.3, -0.25) is 19.3 Å². The molecule has 0 aromatic heterocycles. The van der Waals surface area contributed by atoms with Gasteiger partial charge >= 0.3 is 5.97 Å². The van der Waals surface area contributed by atoms with Crippen molar-refractivity contribution < 1.29 is 24.2 Å². The Morgan fingerprint density at radius 2 is 2.10 bits per heavy atom. The molecule has 1 amide bonds. The number of carboxylic acid groups (broad SMARTS) is 1. The number of hydrogen-bond acceptors (Lipinski definition) is 4. The lowest BCUT2D eigenvalue weighted by Crippen LogP contribution is -2.46. The maximum atomic E-state index is 12.0. The van der Waals surface area contributed by atoms with Gasteiger partial charge in [-0.1, -0.05) is 6.92 Å². The number of benzene rings is 1. The molecule has 2 rings (SSSR count). The predicted molar refractivity (Wildman–Crippen MR) is 71.1 cm³/mol. The number of amides is 1. The van der Waals surface area contributed by atoms with Crippen LogP contribution >= 0.6 is 0 Å². The average Bonchev–Trinajstić information content (AvgIpc) is 2.42. The number of rotatable bonds is 4. The summed E-state index contributed by atoms with van der Waals surface area (Å²) < 4.78 is 5.43. The number of carbonyl (C=O) groups excluding carboxylic acids is 2. The SMILES string of the molecule is CCC(=O)c1ccc2c(c1)N(CC(=O)O)C(=O)C(C)O2. The van der Waals surface area contributed by atoms with Gasteiger partial charge in [0, 0.05) is 12.0 Å². The zero-order valence-corrected chi connectivity index (χ0v) is 11.3. The van der Waals surface area contributed by atoms with Gasteiger partial charge in [-0.25, -0.2) is 0 Å². The van der Waals surface area contributed by atoms with Gasteiger partial charge in [-0.15, -0.1) is 0 Å². The standard InChI is InChI=1S/C14H15NO5/c1-3-11(16)9-4-5-12-10(6-9)15(7-13(17)18)14(19)8(2)20-12/h4-6,8H,3,7H2,1-2H3,(H,17,18). The molecule has 20 heavy (non-hydrogen) atoms. The Bertz CT molecular complexity index is 581. The Labute approximate surface area is 115 Å².